The number of halogens is 1. The van der Waals surface area contributed by atoms with Crippen LogP contribution in [-0.2, 0) is 23.3 Å². The molecule has 3 rings (SSSR count). The number of nitrogen functional groups attached to an aromatic ring is 1. The Morgan fingerprint density at radius 3 is 2.59 bits per heavy atom. The molecular formula is C27H38ClN7O2. The maximum absolute atomic E-state index is 13.2. The van der Waals surface area contributed by atoms with E-state index in [1.165, 1.54) is 6.08 Å². The number of anilines is 1. The summed E-state index contributed by atoms with van der Waals surface area (Å²) in [5.74, 6) is 0.479. The number of likely N-dealkylation sites (tertiary alicyclic amines) is 1. The molecular weight excluding hydrogens is 490 g/mol. The lowest BCUT2D eigenvalue weighted by atomic mass is 9.85. The monoisotopic (exact) mass is 527 g/mol. The number of benzene rings is 1. The number of carbonyl (C=O) groups is 2. The first-order valence-corrected chi connectivity index (χ1v) is 13.0. The number of amides is 2. The summed E-state index contributed by atoms with van der Waals surface area (Å²) in [4.78, 5) is 31.2. The summed E-state index contributed by atoms with van der Waals surface area (Å²) in [5.41, 5.74) is 9.03. The molecule has 2 aromatic rings. The van der Waals surface area contributed by atoms with Crippen LogP contribution in [0.2, 0.25) is 5.02 Å². The molecule has 1 fully saturated rings. The number of unbranched alkanes of at least 4 members (excludes halogenated alkanes) is 1. The maximum Gasteiger partial charge on any atom is 0.270 e. The van der Waals surface area contributed by atoms with E-state index in [-0.39, 0.29) is 35.7 Å². The molecule has 0 saturated carbocycles. The molecule has 1 aromatic carbocycles. The highest BCUT2D eigenvalue weighted by atomic mass is 35.5. The summed E-state index contributed by atoms with van der Waals surface area (Å²) in [6.07, 6.45) is 3.12. The molecule has 1 aliphatic rings. The van der Waals surface area contributed by atoms with Crippen LogP contribution in [0, 0.1) is 12.3 Å². The molecule has 5 N–H and O–H groups in total. The van der Waals surface area contributed by atoms with Crippen LogP contribution in [-0.4, -0.2) is 51.2 Å². The van der Waals surface area contributed by atoms with Crippen molar-refractivity contribution in [2.75, 3.05) is 18.8 Å². The third-order valence-corrected chi connectivity index (χ3v) is 6.83. The minimum atomic E-state index is -0.213. The Morgan fingerprint density at radius 2 is 2.00 bits per heavy atom. The molecule has 9 nitrogen and oxygen atoms in total. The van der Waals surface area contributed by atoms with Crippen molar-refractivity contribution in [3.05, 3.63) is 58.1 Å². The quantitative estimate of drug-likeness (QED) is 0.171. The van der Waals surface area contributed by atoms with Crippen LogP contribution in [0.15, 0.2) is 24.8 Å². The van der Waals surface area contributed by atoms with E-state index in [0.717, 1.165) is 18.4 Å². The van der Waals surface area contributed by atoms with Crippen LogP contribution in [0.4, 0.5) is 5.69 Å². The molecule has 0 spiro atoms. The first-order chi connectivity index (χ1) is 17.4. The number of nitrogens with two attached hydrogens (primary N) is 1. The predicted octanol–water partition coefficient (Wildman–Crippen LogP) is 3.77. The number of aryl methyl sites for hydroxylation is 1. The van der Waals surface area contributed by atoms with Crippen molar-refractivity contribution in [2.24, 2.45) is 0 Å². The van der Waals surface area contributed by atoms with Crippen LogP contribution in [0.5, 0.6) is 0 Å². The van der Waals surface area contributed by atoms with Crippen molar-refractivity contribution in [1.82, 2.24) is 25.1 Å². The second-order valence-corrected chi connectivity index (χ2v) is 10.9. The Morgan fingerprint density at radius 1 is 1.32 bits per heavy atom. The number of aromatic nitrogens is 2. The zero-order chi connectivity index (χ0) is 27.5. The highest BCUT2D eigenvalue weighted by Gasteiger charge is 2.32. The Kier molecular flexibility index (Phi) is 8.68. The van der Waals surface area contributed by atoms with Gasteiger partial charge in [-0.1, -0.05) is 52.3 Å². The van der Waals surface area contributed by atoms with E-state index < -0.39 is 0 Å². The third-order valence-electron chi connectivity index (χ3n) is 6.51. The van der Waals surface area contributed by atoms with Gasteiger partial charge in [0.25, 0.3) is 5.91 Å². The molecule has 1 saturated heterocycles. The normalized spacial score (nSPS) is 13.7. The highest BCUT2D eigenvalue weighted by Crippen LogP contribution is 2.33. The summed E-state index contributed by atoms with van der Waals surface area (Å²) in [6.45, 7) is 15.4. The highest BCUT2D eigenvalue weighted by molar-refractivity contribution is 6.32. The van der Waals surface area contributed by atoms with Crippen molar-refractivity contribution >= 4 is 34.9 Å². The Bertz CT molecular complexity index is 1210. The third kappa shape index (κ3) is 6.33. The molecule has 0 radical (unpaired) electrons. The zero-order valence-corrected chi connectivity index (χ0v) is 23.1. The zero-order valence-electron chi connectivity index (χ0n) is 22.4. The number of nitrogens with zero attached hydrogens (tertiary/aromatic N) is 3. The molecule has 1 aromatic heterocycles. The molecule has 2 amide bonds. The van der Waals surface area contributed by atoms with E-state index in [0.29, 0.717) is 53.1 Å². The van der Waals surface area contributed by atoms with Gasteiger partial charge in [0.15, 0.2) is 0 Å². The largest absolute Gasteiger partial charge is 0.398 e. The first kappa shape index (κ1) is 28.2. The van der Waals surface area contributed by atoms with E-state index >= 15 is 0 Å². The molecule has 200 valence electrons. The van der Waals surface area contributed by atoms with Crippen LogP contribution in [0.25, 0.3) is 0 Å². The molecule has 2 heterocycles. The predicted molar refractivity (Wildman–Crippen MR) is 148 cm³/mol. The van der Waals surface area contributed by atoms with Crippen molar-refractivity contribution in [3.8, 4) is 0 Å². The summed E-state index contributed by atoms with van der Waals surface area (Å²) in [5, 5.41) is 15.4. The minimum absolute atomic E-state index is 0.107. The van der Waals surface area contributed by atoms with Crippen LogP contribution in [0.1, 0.15) is 73.7 Å². The van der Waals surface area contributed by atoms with Gasteiger partial charge in [0.1, 0.15) is 17.4 Å². The van der Waals surface area contributed by atoms with Gasteiger partial charge in [0.2, 0.25) is 5.91 Å². The lowest BCUT2D eigenvalue weighted by molar-refractivity contribution is -0.130. The molecule has 37 heavy (non-hydrogen) atoms. The minimum Gasteiger partial charge on any atom is -0.398 e. The number of carbonyl (C=O) groups excluding carboxylic acids is 2. The lowest BCUT2D eigenvalue weighted by Crippen LogP contribution is -2.60. The Hall–Kier alpha value is -3.33. The van der Waals surface area contributed by atoms with Crippen LogP contribution < -0.4 is 16.4 Å². The van der Waals surface area contributed by atoms with E-state index in [2.05, 4.69) is 49.9 Å². The topological polar surface area (TPSA) is 129 Å². The van der Waals surface area contributed by atoms with Gasteiger partial charge in [-0.3, -0.25) is 15.0 Å². The van der Waals surface area contributed by atoms with Gasteiger partial charge >= 0.3 is 0 Å². The van der Waals surface area contributed by atoms with Gasteiger partial charge in [-0.15, -0.1) is 0 Å². The van der Waals surface area contributed by atoms with E-state index in [4.69, 9.17) is 22.7 Å². The van der Waals surface area contributed by atoms with Gasteiger partial charge in [-0.25, -0.2) is 4.98 Å². The Balaban J connectivity index is 1.78. The number of hydrogen-bond donors (Lipinski definition) is 4. The number of imidazole rings is 1. The van der Waals surface area contributed by atoms with E-state index in [1.54, 1.807) is 11.0 Å². The van der Waals surface area contributed by atoms with Crippen molar-refractivity contribution in [3.63, 3.8) is 0 Å². The molecule has 0 atom stereocenters. The van der Waals surface area contributed by atoms with Crippen molar-refractivity contribution in [1.29, 1.82) is 5.41 Å². The number of amidine groups is 1. The summed E-state index contributed by atoms with van der Waals surface area (Å²) in [6, 6.07) is 3.44. The fourth-order valence-electron chi connectivity index (χ4n) is 4.39. The molecule has 0 aliphatic carbocycles. The number of hydrogen-bond acceptors (Lipinski definition) is 5. The van der Waals surface area contributed by atoms with Gasteiger partial charge in [-0.2, -0.15) is 0 Å². The van der Waals surface area contributed by atoms with Gasteiger partial charge in [0.05, 0.1) is 18.3 Å². The van der Waals surface area contributed by atoms with Gasteiger partial charge in [0, 0.05) is 35.9 Å². The second-order valence-electron chi connectivity index (χ2n) is 10.5. The van der Waals surface area contributed by atoms with Crippen molar-refractivity contribution < 1.29 is 9.59 Å². The van der Waals surface area contributed by atoms with Crippen LogP contribution >= 0.6 is 11.6 Å². The Labute approximate surface area is 224 Å². The molecule has 10 heteroatoms. The summed E-state index contributed by atoms with van der Waals surface area (Å²) in [7, 11) is 0. The number of rotatable bonds is 9. The van der Waals surface area contributed by atoms with E-state index in [1.807, 2.05) is 17.6 Å². The molecule has 1 aliphatic heterocycles. The fourth-order valence-corrected chi connectivity index (χ4v) is 4.84. The average Bonchev–Trinajstić information content (AvgIpc) is 3.11. The SMILES string of the molecule is C=CC(=O)N1CC(NC(=O)c2c(C)nc(CNC(=N)c3cc(C(C)(C)C)c(Cl)cc3N)n2CCCC)C1. The van der Waals surface area contributed by atoms with E-state index in [9.17, 15) is 9.59 Å². The fraction of sp³-hybridized carbons (Fsp3) is 0.481. The molecule has 0 unspecified atom stereocenters. The standard InChI is InChI=1S/C27H38ClN7O2/c1-7-9-10-35-22(13-31-25(30)18-11-19(27(4,5)6)20(28)12-21(18)29)32-16(3)24(35)26(37)33-17-14-34(15-17)23(36)8-2/h8,11-12,17H,2,7,9-10,13-15,29H2,1,3-6H3,(H2,30,31)(H,33,37). The summed E-state index contributed by atoms with van der Waals surface area (Å²) >= 11 is 6.42. The molecule has 0 bridgehead atoms. The average molecular weight is 528 g/mol. The summed E-state index contributed by atoms with van der Waals surface area (Å²) < 4.78 is 1.92. The maximum atomic E-state index is 13.2. The van der Waals surface area contributed by atoms with Crippen LogP contribution in [0.3, 0.4) is 0 Å². The smallest absolute Gasteiger partial charge is 0.270 e. The lowest BCUT2D eigenvalue weighted by Gasteiger charge is -2.38. The number of nitrogens with one attached hydrogen (secondary N) is 3. The van der Waals surface area contributed by atoms with Gasteiger partial charge < -0.3 is 25.8 Å². The first-order valence-electron chi connectivity index (χ1n) is 12.6. The van der Waals surface area contributed by atoms with Gasteiger partial charge in [-0.05, 0) is 42.5 Å². The second kappa shape index (κ2) is 11.4. The van der Waals surface area contributed by atoms with Crippen molar-refractivity contribution in [2.45, 2.75) is 72.0 Å².